The molecule has 6 heterocycles. The van der Waals surface area contributed by atoms with Gasteiger partial charge in [0.05, 0.1) is 0 Å². The molecule has 64 heavy (non-hydrogen) atoms. The van der Waals surface area contributed by atoms with Crippen LogP contribution in [0.25, 0.3) is 0 Å². The number of amides is 4. The number of hydrogen-bond donors (Lipinski definition) is 4. The van der Waals surface area contributed by atoms with E-state index in [1.807, 2.05) is 39.8 Å². The van der Waals surface area contributed by atoms with Crippen molar-refractivity contribution in [3.63, 3.8) is 0 Å². The molecule has 2 aromatic heterocycles. The lowest BCUT2D eigenvalue weighted by atomic mass is 9.95. The fourth-order valence-corrected chi connectivity index (χ4v) is 11.0. The standard InChI is InChI=1S/2C21H23N3O7S/c2*1-10-12(31-20(28)30-10)9-29-19(27)15-21(2,3)32-18-14(17(26)24(15)18)23-16(25)13(22)11-7-5-4-6-8-11/h2*4-8,13-15,18H,9,22H2,1-3H3,(H,23,25)/t2*13-,14-,15+,18-/m11/s1. The number of nitrogens with one attached hydrogen (secondary N) is 2. The number of rotatable bonds is 12. The maximum atomic E-state index is 12.8. The second-order valence-corrected chi connectivity index (χ2v) is 19.9. The van der Waals surface area contributed by atoms with Crippen molar-refractivity contribution in [3.05, 3.63) is 116 Å². The van der Waals surface area contributed by atoms with E-state index in [1.165, 1.54) is 47.2 Å². The highest BCUT2D eigenvalue weighted by atomic mass is 32.2. The van der Waals surface area contributed by atoms with Gasteiger partial charge >= 0.3 is 23.6 Å². The summed E-state index contributed by atoms with van der Waals surface area (Å²) >= 11 is 2.80. The molecule has 20 nitrogen and oxygen atoms in total. The van der Waals surface area contributed by atoms with Crippen LogP contribution in [0.3, 0.4) is 0 Å². The number of benzene rings is 2. The fraction of sp³-hybridized carbons (Fsp3) is 0.429. The van der Waals surface area contributed by atoms with E-state index in [9.17, 15) is 38.4 Å². The average Bonchev–Trinajstić information content (AvgIpc) is 3.94. The Labute approximate surface area is 373 Å². The topological polar surface area (TPSA) is 290 Å². The molecule has 4 fully saturated rings. The van der Waals surface area contributed by atoms with Crippen LogP contribution in [-0.2, 0) is 51.5 Å². The summed E-state index contributed by atoms with van der Waals surface area (Å²) in [5.74, 6) is -4.06. The highest BCUT2D eigenvalue weighted by Crippen LogP contribution is 2.52. The first kappa shape index (κ1) is 45.9. The third kappa shape index (κ3) is 8.86. The lowest BCUT2D eigenvalue weighted by Crippen LogP contribution is -2.71. The van der Waals surface area contributed by atoms with Crippen molar-refractivity contribution in [2.75, 3.05) is 0 Å². The summed E-state index contributed by atoms with van der Waals surface area (Å²) in [4.78, 5) is 102. The molecule has 8 rings (SSSR count). The van der Waals surface area contributed by atoms with Crippen molar-refractivity contribution in [1.82, 2.24) is 20.4 Å². The summed E-state index contributed by atoms with van der Waals surface area (Å²) < 4.78 is 28.5. The minimum atomic E-state index is -0.911. The molecule has 0 saturated carbocycles. The number of carbonyl (C=O) groups is 6. The second-order valence-electron chi connectivity index (χ2n) is 16.4. The van der Waals surface area contributed by atoms with E-state index in [2.05, 4.69) is 10.6 Å². The molecule has 4 aromatic rings. The summed E-state index contributed by atoms with van der Waals surface area (Å²) in [6.45, 7) is 9.77. The number of fused-ring (bicyclic) bond motifs is 2. The number of nitrogens with two attached hydrogens (primary N) is 2. The van der Waals surface area contributed by atoms with E-state index >= 15 is 0 Å². The Bertz CT molecular complexity index is 2400. The molecule has 22 heteroatoms. The maximum Gasteiger partial charge on any atom is 0.519 e. The van der Waals surface area contributed by atoms with Crippen molar-refractivity contribution in [2.24, 2.45) is 11.5 Å². The molecule has 2 aromatic carbocycles. The molecule has 6 N–H and O–H groups in total. The van der Waals surface area contributed by atoms with Crippen LogP contribution < -0.4 is 33.7 Å². The molecule has 0 unspecified atom stereocenters. The van der Waals surface area contributed by atoms with Crippen LogP contribution in [0, 0.1) is 13.8 Å². The van der Waals surface area contributed by atoms with E-state index in [4.69, 9.17) is 38.6 Å². The average molecular weight is 923 g/mol. The van der Waals surface area contributed by atoms with Crippen molar-refractivity contribution >= 4 is 59.1 Å². The van der Waals surface area contributed by atoms with Crippen molar-refractivity contribution in [1.29, 1.82) is 0 Å². The van der Waals surface area contributed by atoms with Gasteiger partial charge < -0.3 is 59.0 Å². The Hall–Kier alpha value is -6.10. The normalized spacial score (nSPS) is 24.4. The van der Waals surface area contributed by atoms with Crippen LogP contribution in [0.2, 0.25) is 0 Å². The molecule has 0 bridgehead atoms. The number of thioether (sulfide) groups is 2. The Morgan fingerprint density at radius 1 is 0.625 bits per heavy atom. The van der Waals surface area contributed by atoms with E-state index in [-0.39, 0.29) is 48.1 Å². The maximum absolute atomic E-state index is 12.8. The van der Waals surface area contributed by atoms with Crippen LogP contribution in [0.1, 0.15) is 73.9 Å². The molecule has 8 atom stereocenters. The summed E-state index contributed by atoms with van der Waals surface area (Å²) in [6.07, 6.45) is 0. The summed E-state index contributed by atoms with van der Waals surface area (Å²) in [6, 6.07) is 12.6. The SMILES string of the molecule is Cc1oc(=O)oc1COC(=O)[C@@H]1N2C(=O)[C@@H](NC(=O)[C@H](N)c3ccccc3)[C@H]2SC1(C)C.Cc1oc(=O)oc1COC(=O)[C@@H]1N2C(=O)[C@@H](NC(=O)[C@H](N)c3ccccc3)[C@H]2SC1(C)C. The summed E-state index contributed by atoms with van der Waals surface area (Å²) in [7, 11) is 0. The second kappa shape index (κ2) is 17.8. The number of hydrogen-bond acceptors (Lipinski definition) is 18. The van der Waals surface area contributed by atoms with Gasteiger partial charge in [-0.05, 0) is 52.7 Å². The van der Waals surface area contributed by atoms with Gasteiger partial charge in [-0.2, -0.15) is 0 Å². The molecule has 4 saturated heterocycles. The summed E-state index contributed by atoms with van der Waals surface area (Å²) in [5, 5.41) is 4.58. The first-order valence-electron chi connectivity index (χ1n) is 19.9. The number of aryl methyl sites for hydroxylation is 2. The van der Waals surface area contributed by atoms with Gasteiger partial charge in [-0.1, -0.05) is 60.7 Å². The third-order valence-corrected chi connectivity index (χ3v) is 14.3. The van der Waals surface area contributed by atoms with Gasteiger partial charge in [0.25, 0.3) is 0 Å². The van der Waals surface area contributed by atoms with Crippen LogP contribution >= 0.6 is 23.5 Å². The molecule has 4 aliphatic rings. The summed E-state index contributed by atoms with van der Waals surface area (Å²) in [5.41, 5.74) is 13.3. The van der Waals surface area contributed by atoms with Gasteiger partial charge in [0, 0.05) is 9.49 Å². The van der Waals surface area contributed by atoms with Gasteiger partial charge in [0.2, 0.25) is 23.6 Å². The molecular formula is C42H46N6O14S2. The Kier molecular flexibility index (Phi) is 12.8. The van der Waals surface area contributed by atoms with Gasteiger partial charge in [-0.25, -0.2) is 19.2 Å². The molecule has 4 amide bonds. The van der Waals surface area contributed by atoms with Crippen molar-refractivity contribution in [2.45, 2.75) is 111 Å². The minimum Gasteiger partial charge on any atom is -0.456 e. The van der Waals surface area contributed by atoms with E-state index < -0.39 is 91.9 Å². The van der Waals surface area contributed by atoms with Gasteiger partial charge in [0.15, 0.2) is 36.3 Å². The Balaban J connectivity index is 0.000000191. The first-order chi connectivity index (χ1) is 30.2. The van der Waals surface area contributed by atoms with Crippen LogP contribution in [-0.4, -0.2) is 89.8 Å². The highest BCUT2D eigenvalue weighted by Gasteiger charge is 2.66. The van der Waals surface area contributed by atoms with Crippen LogP contribution in [0.5, 0.6) is 0 Å². The zero-order valence-electron chi connectivity index (χ0n) is 35.4. The molecule has 0 spiro atoms. The van der Waals surface area contributed by atoms with Crippen LogP contribution in [0.15, 0.2) is 87.9 Å². The van der Waals surface area contributed by atoms with E-state index in [1.54, 1.807) is 48.5 Å². The number of ether oxygens (including phenoxy) is 2. The number of nitrogens with zero attached hydrogens (tertiary/aromatic N) is 2. The molecule has 4 aliphatic heterocycles. The van der Waals surface area contributed by atoms with Crippen molar-refractivity contribution in [3.8, 4) is 0 Å². The lowest BCUT2D eigenvalue weighted by molar-refractivity contribution is -0.165. The lowest BCUT2D eigenvalue weighted by Gasteiger charge is -2.44. The largest absolute Gasteiger partial charge is 0.519 e. The quantitative estimate of drug-likeness (QED) is 0.116. The van der Waals surface area contributed by atoms with Gasteiger partial charge in [0.1, 0.15) is 47.0 Å². The Morgan fingerprint density at radius 3 is 1.28 bits per heavy atom. The third-order valence-electron chi connectivity index (χ3n) is 11.2. The smallest absolute Gasteiger partial charge is 0.456 e. The van der Waals surface area contributed by atoms with E-state index in [0.29, 0.717) is 11.1 Å². The fourth-order valence-electron chi connectivity index (χ4n) is 7.81. The predicted molar refractivity (Wildman–Crippen MR) is 226 cm³/mol. The Morgan fingerprint density at radius 2 is 0.969 bits per heavy atom. The number of esters is 2. The van der Waals surface area contributed by atoms with Gasteiger partial charge in [-0.15, -0.1) is 23.5 Å². The molecule has 340 valence electrons. The van der Waals surface area contributed by atoms with Crippen molar-refractivity contribution < 1.29 is 55.9 Å². The first-order valence-corrected chi connectivity index (χ1v) is 21.7. The van der Waals surface area contributed by atoms with Gasteiger partial charge in [-0.3, -0.25) is 19.2 Å². The zero-order valence-corrected chi connectivity index (χ0v) is 37.0. The monoisotopic (exact) mass is 922 g/mol. The highest BCUT2D eigenvalue weighted by molar-refractivity contribution is 8.02. The zero-order chi connectivity index (χ0) is 46.4. The minimum absolute atomic E-state index is 0.110. The number of β-lactam (4-membered cyclic amide) rings is 2. The van der Waals surface area contributed by atoms with E-state index in [0.717, 1.165) is 0 Å². The predicted octanol–water partition coefficient (Wildman–Crippen LogP) is 1.66. The molecular weight excluding hydrogens is 877 g/mol. The van der Waals surface area contributed by atoms with Crippen LogP contribution in [0.4, 0.5) is 0 Å². The number of carbonyl (C=O) groups excluding carboxylic acids is 6. The molecule has 0 radical (unpaired) electrons. The molecule has 0 aliphatic carbocycles.